The summed E-state index contributed by atoms with van der Waals surface area (Å²) in [6.45, 7) is 4.82. The lowest BCUT2D eigenvalue weighted by molar-refractivity contribution is -0.113. The van der Waals surface area contributed by atoms with Gasteiger partial charge in [-0.25, -0.2) is 9.97 Å². The molecule has 0 N–H and O–H groups in total. The van der Waals surface area contributed by atoms with Crippen molar-refractivity contribution in [2.24, 2.45) is 0 Å². The van der Waals surface area contributed by atoms with Crippen LogP contribution in [0.5, 0.6) is 0 Å². The van der Waals surface area contributed by atoms with Gasteiger partial charge in [-0.2, -0.15) is 0 Å². The fourth-order valence-corrected chi connectivity index (χ4v) is 3.38. The first-order valence-electron chi connectivity index (χ1n) is 8.76. The Morgan fingerprint density at radius 1 is 1.26 bits per heavy atom. The lowest BCUT2D eigenvalue weighted by atomic mass is 9.96. The summed E-state index contributed by atoms with van der Waals surface area (Å²) in [4.78, 5) is 36.7. The molecule has 0 radical (unpaired) electrons. The third-order valence-corrected chi connectivity index (χ3v) is 5.13. The molecule has 140 valence electrons. The van der Waals surface area contributed by atoms with Crippen LogP contribution in [-0.2, 0) is 4.79 Å². The molecule has 3 rings (SSSR count). The van der Waals surface area contributed by atoms with Crippen molar-refractivity contribution < 1.29 is 9.59 Å². The van der Waals surface area contributed by atoms with Crippen LogP contribution in [0.3, 0.4) is 0 Å². The average molecular weight is 429 g/mol. The molecule has 2 heterocycles. The number of halogens is 1. The van der Waals surface area contributed by atoms with Gasteiger partial charge < -0.3 is 9.80 Å². The van der Waals surface area contributed by atoms with Crippen molar-refractivity contribution in [3.05, 3.63) is 65.2 Å². The molecule has 1 aromatic heterocycles. The summed E-state index contributed by atoms with van der Waals surface area (Å²) < 4.78 is 0.843. The van der Waals surface area contributed by atoms with E-state index in [1.54, 1.807) is 43.7 Å². The van der Waals surface area contributed by atoms with Gasteiger partial charge in [0.2, 0.25) is 5.91 Å². The molecule has 1 aromatic carbocycles. The predicted octanol–water partition coefficient (Wildman–Crippen LogP) is 3.41. The van der Waals surface area contributed by atoms with E-state index in [0.29, 0.717) is 12.1 Å². The lowest BCUT2D eigenvalue weighted by Gasteiger charge is -2.32. The second kappa shape index (κ2) is 8.43. The zero-order valence-electron chi connectivity index (χ0n) is 15.1. The van der Waals surface area contributed by atoms with E-state index in [4.69, 9.17) is 0 Å². The number of anilines is 1. The van der Waals surface area contributed by atoms with Crippen molar-refractivity contribution in [3.63, 3.8) is 0 Å². The number of likely N-dealkylation sites (tertiary alicyclic amines) is 1. The predicted molar refractivity (Wildman–Crippen MR) is 108 cm³/mol. The smallest absolute Gasteiger partial charge is 0.253 e. The Morgan fingerprint density at radius 2 is 1.93 bits per heavy atom. The third kappa shape index (κ3) is 4.42. The van der Waals surface area contributed by atoms with Crippen LogP contribution >= 0.6 is 15.9 Å². The molecule has 1 saturated heterocycles. The van der Waals surface area contributed by atoms with Crippen molar-refractivity contribution in [2.75, 3.05) is 25.0 Å². The van der Waals surface area contributed by atoms with Gasteiger partial charge in [-0.15, -0.1) is 0 Å². The maximum atomic E-state index is 12.9. The summed E-state index contributed by atoms with van der Waals surface area (Å²) in [5, 5.41) is 0. The van der Waals surface area contributed by atoms with Crippen LogP contribution in [0.25, 0.3) is 0 Å². The molecule has 6 nitrogen and oxygen atoms in total. The number of likely N-dealkylation sites (N-methyl/N-ethyl adjacent to an activating group) is 1. The van der Waals surface area contributed by atoms with Gasteiger partial charge in [0.25, 0.3) is 5.91 Å². The fourth-order valence-electron chi connectivity index (χ4n) is 3.18. The second-order valence-corrected chi connectivity index (χ2v) is 7.41. The molecule has 1 aliphatic heterocycles. The van der Waals surface area contributed by atoms with E-state index < -0.39 is 0 Å². The van der Waals surface area contributed by atoms with Gasteiger partial charge in [0.1, 0.15) is 5.82 Å². The minimum Gasteiger partial charge on any atom is -0.338 e. The highest BCUT2D eigenvalue weighted by molar-refractivity contribution is 9.10. The zero-order valence-corrected chi connectivity index (χ0v) is 16.7. The van der Waals surface area contributed by atoms with Gasteiger partial charge in [0, 0.05) is 49.7 Å². The number of hydrogen-bond acceptors (Lipinski definition) is 4. The largest absolute Gasteiger partial charge is 0.338 e. The van der Waals surface area contributed by atoms with Gasteiger partial charge in [-0.1, -0.05) is 6.58 Å². The van der Waals surface area contributed by atoms with Crippen LogP contribution in [0.4, 0.5) is 5.69 Å². The highest BCUT2D eigenvalue weighted by Crippen LogP contribution is 2.26. The van der Waals surface area contributed by atoms with Crippen LogP contribution in [0.1, 0.15) is 34.9 Å². The molecular formula is C20H21BrN4O2. The monoisotopic (exact) mass is 428 g/mol. The van der Waals surface area contributed by atoms with Crippen LogP contribution in [0, 0.1) is 0 Å². The maximum absolute atomic E-state index is 12.9. The van der Waals surface area contributed by atoms with E-state index in [0.717, 1.165) is 35.4 Å². The third-order valence-electron chi connectivity index (χ3n) is 4.72. The van der Waals surface area contributed by atoms with Crippen LogP contribution in [0.2, 0.25) is 0 Å². The molecule has 27 heavy (non-hydrogen) atoms. The Kier molecular flexibility index (Phi) is 6.01. The zero-order chi connectivity index (χ0) is 19.4. The molecule has 0 bridgehead atoms. The Bertz CT molecular complexity index is 836. The number of benzene rings is 1. The molecule has 1 fully saturated rings. The number of amides is 2. The molecule has 1 aliphatic rings. The summed E-state index contributed by atoms with van der Waals surface area (Å²) in [5.74, 6) is 0.713. The van der Waals surface area contributed by atoms with Crippen molar-refractivity contribution in [1.82, 2.24) is 14.9 Å². The maximum Gasteiger partial charge on any atom is 0.253 e. The van der Waals surface area contributed by atoms with Crippen molar-refractivity contribution in [2.45, 2.75) is 18.8 Å². The molecular weight excluding hydrogens is 408 g/mol. The van der Waals surface area contributed by atoms with Gasteiger partial charge >= 0.3 is 0 Å². The molecule has 0 spiro atoms. The van der Waals surface area contributed by atoms with Gasteiger partial charge in [-0.3, -0.25) is 9.59 Å². The van der Waals surface area contributed by atoms with E-state index in [2.05, 4.69) is 32.5 Å². The number of carbonyl (C=O) groups is 2. The van der Waals surface area contributed by atoms with Crippen molar-refractivity contribution in [1.29, 1.82) is 0 Å². The number of piperidine rings is 1. The minimum absolute atomic E-state index is 0.0129. The molecule has 7 heteroatoms. The number of aromatic nitrogens is 2. The summed E-state index contributed by atoms with van der Waals surface area (Å²) in [7, 11) is 1.67. The summed E-state index contributed by atoms with van der Waals surface area (Å²) in [5.41, 5.74) is 1.33. The first-order chi connectivity index (χ1) is 13.0. The van der Waals surface area contributed by atoms with Crippen molar-refractivity contribution in [3.8, 4) is 0 Å². The van der Waals surface area contributed by atoms with Crippen LogP contribution < -0.4 is 4.90 Å². The van der Waals surface area contributed by atoms with Crippen molar-refractivity contribution >= 4 is 33.4 Å². The van der Waals surface area contributed by atoms with Crippen LogP contribution in [0.15, 0.2) is 53.8 Å². The Labute approximate surface area is 167 Å². The Morgan fingerprint density at radius 3 is 2.56 bits per heavy atom. The highest BCUT2D eigenvalue weighted by atomic mass is 79.9. The standard InChI is InChI=1S/C20H21BrN4O2/c1-3-18(26)24(2)17-8-6-14(7-9-17)20(27)25-10-4-5-15(13-25)19-22-11-16(21)12-23-19/h3,6-9,11-12,15H,1,4-5,10,13H2,2H3. The van der Waals surface area contributed by atoms with Gasteiger partial charge in [0.05, 0.1) is 4.47 Å². The number of rotatable bonds is 4. The fraction of sp³-hybridized carbons (Fsp3) is 0.300. The molecule has 1 unspecified atom stereocenters. The van der Waals surface area contributed by atoms with Gasteiger partial charge in [-0.05, 0) is 59.1 Å². The van der Waals surface area contributed by atoms with E-state index >= 15 is 0 Å². The molecule has 2 amide bonds. The Hall–Kier alpha value is -2.54. The van der Waals surface area contributed by atoms with Gasteiger partial charge in [0.15, 0.2) is 0 Å². The summed E-state index contributed by atoms with van der Waals surface area (Å²) in [6, 6.07) is 7.05. The van der Waals surface area contributed by atoms with Crippen LogP contribution in [-0.4, -0.2) is 46.8 Å². The quantitative estimate of drug-likeness (QED) is 0.699. The second-order valence-electron chi connectivity index (χ2n) is 6.50. The van der Waals surface area contributed by atoms with E-state index in [-0.39, 0.29) is 17.7 Å². The normalized spacial score (nSPS) is 16.7. The van der Waals surface area contributed by atoms with E-state index in [1.165, 1.54) is 11.0 Å². The highest BCUT2D eigenvalue weighted by Gasteiger charge is 2.27. The first-order valence-corrected chi connectivity index (χ1v) is 9.56. The summed E-state index contributed by atoms with van der Waals surface area (Å²) >= 11 is 3.35. The topological polar surface area (TPSA) is 66.4 Å². The first kappa shape index (κ1) is 19.2. The minimum atomic E-state index is -0.192. The lowest BCUT2D eigenvalue weighted by Crippen LogP contribution is -2.39. The SMILES string of the molecule is C=CC(=O)N(C)c1ccc(C(=O)N2CCCC(c3ncc(Br)cn3)C2)cc1. The number of nitrogens with zero attached hydrogens (tertiary/aromatic N) is 4. The average Bonchev–Trinajstić information content (AvgIpc) is 2.73. The van der Waals surface area contributed by atoms with E-state index in [9.17, 15) is 9.59 Å². The molecule has 0 saturated carbocycles. The number of hydrogen-bond donors (Lipinski definition) is 0. The van der Waals surface area contributed by atoms with E-state index in [1.807, 2.05) is 4.90 Å². The number of carbonyl (C=O) groups excluding carboxylic acids is 2. The Balaban J connectivity index is 1.70. The molecule has 1 atom stereocenters. The summed E-state index contributed by atoms with van der Waals surface area (Å²) in [6.07, 6.45) is 6.63. The molecule has 2 aromatic rings. The molecule has 0 aliphatic carbocycles.